The first-order valence-corrected chi connectivity index (χ1v) is 10.5. The molecule has 4 rings (SSSR count). The van der Waals surface area contributed by atoms with E-state index in [2.05, 4.69) is 10.2 Å². The van der Waals surface area contributed by atoms with Crippen LogP contribution in [-0.2, 0) is 4.74 Å². The van der Waals surface area contributed by atoms with Crippen molar-refractivity contribution >= 4 is 29.1 Å². The molecule has 0 radical (unpaired) electrons. The Morgan fingerprint density at radius 3 is 2.17 bits per heavy atom. The van der Waals surface area contributed by atoms with Gasteiger partial charge in [-0.3, -0.25) is 0 Å². The van der Waals surface area contributed by atoms with Crippen molar-refractivity contribution in [1.82, 2.24) is 9.97 Å². The third kappa shape index (κ3) is 5.14. The SMILES string of the molecule is COc1ccc(Nc2cc(N3CCOCC3)nc(Sc3ccc(OC)cc3)n2)cc1. The van der Waals surface area contributed by atoms with E-state index in [1.807, 2.05) is 54.6 Å². The van der Waals surface area contributed by atoms with Crippen LogP contribution in [0.5, 0.6) is 11.5 Å². The normalized spacial score (nSPS) is 13.7. The summed E-state index contributed by atoms with van der Waals surface area (Å²) in [4.78, 5) is 12.8. The third-order valence-electron chi connectivity index (χ3n) is 4.66. The molecule has 1 aliphatic heterocycles. The van der Waals surface area contributed by atoms with E-state index in [-0.39, 0.29) is 0 Å². The molecule has 1 fully saturated rings. The summed E-state index contributed by atoms with van der Waals surface area (Å²) in [5.74, 6) is 3.27. The highest BCUT2D eigenvalue weighted by molar-refractivity contribution is 7.99. The Kier molecular flexibility index (Phi) is 6.56. The summed E-state index contributed by atoms with van der Waals surface area (Å²) in [6.45, 7) is 3.02. The van der Waals surface area contributed by atoms with Gasteiger partial charge < -0.3 is 24.4 Å². The number of nitrogens with one attached hydrogen (secondary N) is 1. The topological polar surface area (TPSA) is 68.7 Å². The lowest BCUT2D eigenvalue weighted by Gasteiger charge is -2.28. The zero-order valence-corrected chi connectivity index (χ0v) is 17.8. The fourth-order valence-corrected chi connectivity index (χ4v) is 3.81. The van der Waals surface area contributed by atoms with Gasteiger partial charge in [0.1, 0.15) is 23.1 Å². The van der Waals surface area contributed by atoms with E-state index in [1.165, 1.54) is 11.8 Å². The molecule has 7 nitrogen and oxygen atoms in total. The van der Waals surface area contributed by atoms with Crippen molar-refractivity contribution in [1.29, 1.82) is 0 Å². The molecule has 0 amide bonds. The Bertz CT molecular complexity index is 893. The summed E-state index contributed by atoms with van der Waals surface area (Å²) in [7, 11) is 3.32. The third-order valence-corrected chi connectivity index (χ3v) is 5.53. The first-order chi connectivity index (χ1) is 14.7. The van der Waals surface area contributed by atoms with Crippen LogP contribution in [0.1, 0.15) is 0 Å². The van der Waals surface area contributed by atoms with Crippen LogP contribution in [0.2, 0.25) is 0 Å². The number of hydrogen-bond donors (Lipinski definition) is 1. The van der Waals surface area contributed by atoms with Gasteiger partial charge in [-0.25, -0.2) is 9.97 Å². The van der Waals surface area contributed by atoms with Crippen molar-refractivity contribution in [3.05, 3.63) is 54.6 Å². The van der Waals surface area contributed by atoms with Gasteiger partial charge in [-0.1, -0.05) is 0 Å². The van der Waals surface area contributed by atoms with Crippen LogP contribution in [0.3, 0.4) is 0 Å². The van der Waals surface area contributed by atoms with Crippen molar-refractivity contribution in [3.8, 4) is 11.5 Å². The minimum absolute atomic E-state index is 0.681. The molecule has 2 heterocycles. The van der Waals surface area contributed by atoms with Gasteiger partial charge in [0.05, 0.1) is 27.4 Å². The second-order valence-corrected chi connectivity index (χ2v) is 7.67. The number of anilines is 3. The lowest BCUT2D eigenvalue weighted by molar-refractivity contribution is 0.122. The molecule has 0 spiro atoms. The lowest BCUT2D eigenvalue weighted by atomic mass is 10.3. The molecule has 0 bridgehead atoms. The van der Waals surface area contributed by atoms with Gasteiger partial charge in [0.15, 0.2) is 5.16 Å². The molecule has 8 heteroatoms. The van der Waals surface area contributed by atoms with Crippen LogP contribution >= 0.6 is 11.8 Å². The number of aromatic nitrogens is 2. The molecule has 1 N–H and O–H groups in total. The molecular formula is C22H24N4O3S. The predicted molar refractivity (Wildman–Crippen MR) is 118 cm³/mol. The van der Waals surface area contributed by atoms with E-state index in [0.29, 0.717) is 18.4 Å². The molecule has 3 aromatic rings. The predicted octanol–water partition coefficient (Wildman–Crippen LogP) is 4.23. The number of ether oxygens (including phenoxy) is 3. The number of morpholine rings is 1. The van der Waals surface area contributed by atoms with Crippen LogP contribution in [0.4, 0.5) is 17.3 Å². The van der Waals surface area contributed by atoms with Crippen LogP contribution < -0.4 is 19.7 Å². The number of hydrogen-bond acceptors (Lipinski definition) is 8. The van der Waals surface area contributed by atoms with Crippen molar-refractivity contribution in [2.24, 2.45) is 0 Å². The van der Waals surface area contributed by atoms with Gasteiger partial charge in [-0.2, -0.15) is 0 Å². The highest BCUT2D eigenvalue weighted by Gasteiger charge is 2.16. The van der Waals surface area contributed by atoms with Crippen LogP contribution in [-0.4, -0.2) is 50.5 Å². The average Bonchev–Trinajstić information content (AvgIpc) is 2.80. The fraction of sp³-hybridized carbons (Fsp3) is 0.273. The summed E-state index contributed by atoms with van der Waals surface area (Å²) in [5, 5.41) is 4.06. The lowest BCUT2D eigenvalue weighted by Crippen LogP contribution is -2.36. The molecule has 0 atom stereocenters. The fourth-order valence-electron chi connectivity index (χ4n) is 3.05. The van der Waals surface area contributed by atoms with Crippen molar-refractivity contribution in [3.63, 3.8) is 0 Å². The van der Waals surface area contributed by atoms with E-state index in [1.54, 1.807) is 14.2 Å². The smallest absolute Gasteiger partial charge is 0.196 e. The Balaban J connectivity index is 1.60. The maximum atomic E-state index is 5.49. The van der Waals surface area contributed by atoms with E-state index in [4.69, 9.17) is 24.2 Å². The molecular weight excluding hydrogens is 400 g/mol. The van der Waals surface area contributed by atoms with Crippen molar-refractivity contribution in [2.75, 3.05) is 50.7 Å². The van der Waals surface area contributed by atoms with E-state index >= 15 is 0 Å². The highest BCUT2D eigenvalue weighted by Crippen LogP contribution is 2.30. The summed E-state index contributed by atoms with van der Waals surface area (Å²) in [6, 6.07) is 17.6. The van der Waals surface area contributed by atoms with Crippen LogP contribution in [0.25, 0.3) is 0 Å². The molecule has 2 aromatic carbocycles. The maximum absolute atomic E-state index is 5.49. The van der Waals surface area contributed by atoms with Gasteiger partial charge >= 0.3 is 0 Å². The summed E-state index contributed by atoms with van der Waals surface area (Å²) >= 11 is 1.52. The van der Waals surface area contributed by atoms with Gasteiger partial charge in [-0.05, 0) is 60.3 Å². The number of benzene rings is 2. The zero-order valence-electron chi connectivity index (χ0n) is 17.0. The zero-order chi connectivity index (χ0) is 20.8. The van der Waals surface area contributed by atoms with Gasteiger partial charge in [-0.15, -0.1) is 0 Å². The van der Waals surface area contributed by atoms with Crippen LogP contribution in [0, 0.1) is 0 Å². The first kappa shape index (κ1) is 20.3. The monoisotopic (exact) mass is 424 g/mol. The number of rotatable bonds is 7. The summed E-state index contributed by atoms with van der Waals surface area (Å²) in [6.07, 6.45) is 0. The molecule has 1 aliphatic rings. The van der Waals surface area contributed by atoms with Crippen molar-refractivity contribution < 1.29 is 14.2 Å². The standard InChI is InChI=1S/C22H24N4O3S/c1-27-17-5-3-16(4-6-17)23-20-15-21(26-11-13-29-14-12-26)25-22(24-20)30-19-9-7-18(28-2)8-10-19/h3-10,15H,11-14H2,1-2H3,(H,23,24,25). The van der Waals surface area contributed by atoms with Gasteiger partial charge in [0, 0.05) is 29.7 Å². The number of nitrogens with zero attached hydrogens (tertiary/aromatic N) is 3. The Morgan fingerprint density at radius 1 is 0.900 bits per heavy atom. The largest absolute Gasteiger partial charge is 0.497 e. The van der Waals surface area contributed by atoms with E-state index in [9.17, 15) is 0 Å². The van der Waals surface area contributed by atoms with E-state index in [0.717, 1.165) is 46.8 Å². The molecule has 0 saturated carbocycles. The molecule has 1 aromatic heterocycles. The van der Waals surface area contributed by atoms with E-state index < -0.39 is 0 Å². The maximum Gasteiger partial charge on any atom is 0.196 e. The highest BCUT2D eigenvalue weighted by atomic mass is 32.2. The Morgan fingerprint density at radius 2 is 1.53 bits per heavy atom. The Labute approximate surface area is 180 Å². The Hall–Kier alpha value is -2.97. The van der Waals surface area contributed by atoms with Gasteiger partial charge in [0.2, 0.25) is 0 Å². The number of methoxy groups -OCH3 is 2. The van der Waals surface area contributed by atoms with Crippen molar-refractivity contribution in [2.45, 2.75) is 10.1 Å². The summed E-state index contributed by atoms with van der Waals surface area (Å²) < 4.78 is 16.0. The first-order valence-electron chi connectivity index (χ1n) is 9.68. The molecule has 1 saturated heterocycles. The minimum atomic E-state index is 0.681. The quantitative estimate of drug-likeness (QED) is 0.565. The molecule has 0 unspecified atom stereocenters. The second-order valence-electron chi connectivity index (χ2n) is 6.62. The summed E-state index contributed by atoms with van der Waals surface area (Å²) in [5.41, 5.74) is 0.933. The second kappa shape index (κ2) is 9.69. The van der Waals surface area contributed by atoms with Crippen LogP contribution in [0.15, 0.2) is 64.6 Å². The molecule has 156 valence electrons. The minimum Gasteiger partial charge on any atom is -0.497 e. The average molecular weight is 425 g/mol. The van der Waals surface area contributed by atoms with Gasteiger partial charge in [0.25, 0.3) is 0 Å². The molecule has 0 aliphatic carbocycles. The molecule has 30 heavy (non-hydrogen) atoms.